The number of nitrogens with zero attached hydrogens (tertiary/aromatic N) is 1. The predicted molar refractivity (Wildman–Crippen MR) is 113 cm³/mol. The Morgan fingerprint density at radius 3 is 2.30 bits per heavy atom. The van der Waals surface area contributed by atoms with Gasteiger partial charge in [0.25, 0.3) is 11.6 Å². The zero-order valence-corrected chi connectivity index (χ0v) is 16.6. The van der Waals surface area contributed by atoms with E-state index in [9.17, 15) is 19.7 Å². The quantitative estimate of drug-likeness (QED) is 0.321. The van der Waals surface area contributed by atoms with Gasteiger partial charge in [0.2, 0.25) is 5.78 Å². The van der Waals surface area contributed by atoms with Gasteiger partial charge in [0.05, 0.1) is 4.92 Å². The summed E-state index contributed by atoms with van der Waals surface area (Å²) in [5, 5.41) is 14.0. The van der Waals surface area contributed by atoms with Gasteiger partial charge in [0, 0.05) is 34.0 Å². The van der Waals surface area contributed by atoms with Gasteiger partial charge in [-0.2, -0.15) is 0 Å². The molecule has 152 valence electrons. The fourth-order valence-electron chi connectivity index (χ4n) is 2.69. The van der Waals surface area contributed by atoms with E-state index < -0.39 is 16.9 Å². The average Bonchev–Trinajstić information content (AvgIpc) is 2.75. The second-order valence-corrected chi connectivity index (χ2v) is 6.85. The highest BCUT2D eigenvalue weighted by Crippen LogP contribution is 2.20. The number of amides is 1. The third kappa shape index (κ3) is 5.21. The summed E-state index contributed by atoms with van der Waals surface area (Å²) in [7, 11) is 0. The number of nitro benzene ring substituents is 1. The van der Waals surface area contributed by atoms with Crippen LogP contribution in [0.1, 0.15) is 27.6 Å². The molecule has 0 saturated carbocycles. The summed E-state index contributed by atoms with van der Waals surface area (Å²) in [5.41, 5.74) is 0.987. The summed E-state index contributed by atoms with van der Waals surface area (Å²) in [5.74, 6) is -0.202. The van der Waals surface area contributed by atoms with Crippen molar-refractivity contribution in [1.82, 2.24) is 0 Å². The topological polar surface area (TPSA) is 98.5 Å². The number of ether oxygens (including phenoxy) is 1. The van der Waals surface area contributed by atoms with E-state index in [1.165, 1.54) is 24.3 Å². The molecule has 0 saturated heterocycles. The Balaban J connectivity index is 1.62. The average molecular weight is 425 g/mol. The van der Waals surface area contributed by atoms with Gasteiger partial charge in [0.15, 0.2) is 6.10 Å². The molecule has 0 aromatic heterocycles. The number of ketones is 1. The lowest BCUT2D eigenvalue weighted by atomic mass is 10.1. The van der Waals surface area contributed by atoms with E-state index in [4.69, 9.17) is 16.3 Å². The number of nitrogens with one attached hydrogen (secondary N) is 1. The zero-order chi connectivity index (χ0) is 21.7. The third-order valence-electron chi connectivity index (χ3n) is 4.24. The highest BCUT2D eigenvalue weighted by Gasteiger charge is 2.17. The Hall–Kier alpha value is -3.71. The van der Waals surface area contributed by atoms with Crippen molar-refractivity contribution in [3.63, 3.8) is 0 Å². The molecule has 1 amide bonds. The molecule has 3 aromatic rings. The first-order valence-electron chi connectivity index (χ1n) is 8.96. The minimum atomic E-state index is -0.712. The number of nitro groups is 1. The molecule has 0 aliphatic heterocycles. The van der Waals surface area contributed by atoms with E-state index >= 15 is 0 Å². The van der Waals surface area contributed by atoms with Crippen molar-refractivity contribution in [2.75, 3.05) is 5.32 Å². The van der Waals surface area contributed by atoms with Crippen molar-refractivity contribution in [1.29, 1.82) is 0 Å². The second kappa shape index (κ2) is 9.19. The molecule has 0 aliphatic carbocycles. The maximum Gasteiger partial charge on any atom is 0.270 e. The molecule has 0 bridgehead atoms. The first-order chi connectivity index (χ1) is 14.3. The Morgan fingerprint density at radius 2 is 1.67 bits per heavy atom. The van der Waals surface area contributed by atoms with Crippen LogP contribution in [0.2, 0.25) is 5.02 Å². The summed E-state index contributed by atoms with van der Waals surface area (Å²) in [4.78, 5) is 35.0. The van der Waals surface area contributed by atoms with Crippen LogP contribution in [0.3, 0.4) is 0 Å². The third-order valence-corrected chi connectivity index (χ3v) is 4.49. The zero-order valence-electron chi connectivity index (χ0n) is 15.9. The number of hydrogen-bond donors (Lipinski definition) is 1. The number of hydrogen-bond acceptors (Lipinski definition) is 5. The monoisotopic (exact) mass is 424 g/mol. The van der Waals surface area contributed by atoms with Crippen molar-refractivity contribution < 1.29 is 19.2 Å². The van der Waals surface area contributed by atoms with Gasteiger partial charge in [-0.05, 0) is 61.5 Å². The Kier molecular flexibility index (Phi) is 6.44. The van der Waals surface area contributed by atoms with Crippen LogP contribution in [0.5, 0.6) is 5.75 Å². The number of benzene rings is 3. The standard InChI is InChI=1S/C22H17ClN2O5/c1-14(21(26)15-5-7-17(23)8-6-15)30-20-11-9-18(10-12-20)24-22(27)16-3-2-4-19(13-16)25(28)29/h2-14H,1H3,(H,24,27)/t14-/m0/s1. The van der Waals surface area contributed by atoms with Crippen LogP contribution in [-0.2, 0) is 0 Å². The molecule has 0 aliphatic rings. The van der Waals surface area contributed by atoms with Crippen LogP contribution in [0.15, 0.2) is 72.8 Å². The van der Waals surface area contributed by atoms with Crippen LogP contribution in [0, 0.1) is 10.1 Å². The van der Waals surface area contributed by atoms with Gasteiger partial charge in [-0.1, -0.05) is 17.7 Å². The molecule has 8 heteroatoms. The number of carbonyl (C=O) groups excluding carboxylic acids is 2. The molecule has 1 N–H and O–H groups in total. The van der Waals surface area contributed by atoms with E-state index in [0.717, 1.165) is 0 Å². The summed E-state index contributed by atoms with van der Waals surface area (Å²) >= 11 is 5.83. The van der Waals surface area contributed by atoms with Crippen LogP contribution in [0.25, 0.3) is 0 Å². The lowest BCUT2D eigenvalue weighted by Crippen LogP contribution is -2.23. The van der Waals surface area contributed by atoms with Gasteiger partial charge >= 0.3 is 0 Å². The molecule has 3 rings (SSSR count). The first-order valence-corrected chi connectivity index (χ1v) is 9.33. The van der Waals surface area contributed by atoms with Gasteiger partial charge in [-0.25, -0.2) is 0 Å². The smallest absolute Gasteiger partial charge is 0.270 e. The number of halogens is 1. The molecular weight excluding hydrogens is 408 g/mol. The molecule has 0 fully saturated rings. The molecule has 1 atom stereocenters. The highest BCUT2D eigenvalue weighted by atomic mass is 35.5. The fourth-order valence-corrected chi connectivity index (χ4v) is 2.81. The maximum atomic E-state index is 12.4. The van der Waals surface area contributed by atoms with E-state index in [2.05, 4.69) is 5.32 Å². The fraction of sp³-hybridized carbons (Fsp3) is 0.0909. The van der Waals surface area contributed by atoms with Gasteiger partial charge in [-0.3, -0.25) is 19.7 Å². The summed E-state index contributed by atoms with van der Waals surface area (Å²) < 4.78 is 5.68. The number of non-ortho nitro benzene ring substituents is 1. The van der Waals surface area contributed by atoms with Crippen molar-refractivity contribution in [3.05, 3.63) is 99.1 Å². The SMILES string of the molecule is C[C@H](Oc1ccc(NC(=O)c2cccc([N+](=O)[O-])c2)cc1)C(=O)c1ccc(Cl)cc1. The Labute approximate surface area is 177 Å². The molecule has 30 heavy (non-hydrogen) atoms. The Bertz CT molecular complexity index is 1080. The molecule has 7 nitrogen and oxygen atoms in total. The molecule has 3 aromatic carbocycles. The van der Waals surface area contributed by atoms with Crippen molar-refractivity contribution in [2.45, 2.75) is 13.0 Å². The minimum absolute atomic E-state index is 0.161. The minimum Gasteiger partial charge on any atom is -0.483 e. The lowest BCUT2D eigenvalue weighted by Gasteiger charge is -2.14. The van der Waals surface area contributed by atoms with E-state index in [1.807, 2.05) is 0 Å². The first kappa shape index (κ1) is 21.0. The van der Waals surface area contributed by atoms with Crippen molar-refractivity contribution in [3.8, 4) is 5.75 Å². The largest absolute Gasteiger partial charge is 0.483 e. The van der Waals surface area contributed by atoms with Crippen LogP contribution in [-0.4, -0.2) is 22.7 Å². The molecule has 0 radical (unpaired) electrons. The maximum absolute atomic E-state index is 12.4. The summed E-state index contributed by atoms with van der Waals surface area (Å²) in [6.07, 6.45) is -0.712. The number of Topliss-reactive ketones (excluding diaryl/α,β-unsaturated/α-hetero) is 1. The summed E-state index contributed by atoms with van der Waals surface area (Å²) in [6, 6.07) is 18.5. The van der Waals surface area contributed by atoms with Crippen molar-refractivity contribution in [2.24, 2.45) is 0 Å². The van der Waals surface area contributed by atoms with Crippen molar-refractivity contribution >= 4 is 34.7 Å². The highest BCUT2D eigenvalue weighted by molar-refractivity contribution is 6.30. The molecular formula is C22H17ClN2O5. The van der Waals surface area contributed by atoms with Gasteiger partial charge < -0.3 is 10.1 Å². The number of carbonyl (C=O) groups is 2. The van der Waals surface area contributed by atoms with E-state index in [1.54, 1.807) is 55.5 Å². The van der Waals surface area contributed by atoms with Gasteiger partial charge in [-0.15, -0.1) is 0 Å². The van der Waals surface area contributed by atoms with Crippen LogP contribution in [0.4, 0.5) is 11.4 Å². The normalized spacial score (nSPS) is 11.4. The predicted octanol–water partition coefficient (Wildman–Crippen LogP) is 5.15. The van der Waals surface area contributed by atoms with E-state index in [0.29, 0.717) is 22.0 Å². The van der Waals surface area contributed by atoms with Crippen LogP contribution < -0.4 is 10.1 Å². The van der Waals surface area contributed by atoms with Gasteiger partial charge in [0.1, 0.15) is 5.75 Å². The Morgan fingerprint density at radius 1 is 1.00 bits per heavy atom. The van der Waals surface area contributed by atoms with Crippen LogP contribution >= 0.6 is 11.6 Å². The van der Waals surface area contributed by atoms with E-state index in [-0.39, 0.29) is 17.0 Å². The lowest BCUT2D eigenvalue weighted by molar-refractivity contribution is -0.384. The number of anilines is 1. The summed E-state index contributed by atoms with van der Waals surface area (Å²) in [6.45, 7) is 1.65. The molecule has 0 unspecified atom stereocenters. The number of rotatable bonds is 7. The second-order valence-electron chi connectivity index (χ2n) is 6.42. The molecule has 0 heterocycles. The molecule has 0 spiro atoms.